The maximum absolute atomic E-state index is 10.6. The number of carbonyl (C=O) groups is 1. The second kappa shape index (κ2) is 8.84. The summed E-state index contributed by atoms with van der Waals surface area (Å²) in [6.45, 7) is 1.85. The van der Waals surface area contributed by atoms with Gasteiger partial charge in [0, 0.05) is 13.1 Å². The van der Waals surface area contributed by atoms with Crippen molar-refractivity contribution >= 4 is 5.97 Å². The largest absolute Gasteiger partial charge is 0.490 e. The lowest BCUT2D eigenvalue weighted by atomic mass is 10.2. The van der Waals surface area contributed by atoms with Crippen molar-refractivity contribution < 1.29 is 23.1 Å². The lowest BCUT2D eigenvalue weighted by Gasteiger charge is -2.04. The molecule has 22 heavy (non-hydrogen) atoms. The van der Waals surface area contributed by atoms with Crippen molar-refractivity contribution in [2.45, 2.75) is 19.3 Å². The number of nitrogens with one attached hydrogen (secondary N) is 1. The molecule has 0 aromatic heterocycles. The number of alkyl halides is 3. The van der Waals surface area contributed by atoms with E-state index in [1.165, 1.54) is 11.1 Å². The van der Waals surface area contributed by atoms with Gasteiger partial charge in [-0.05, 0) is 11.1 Å². The highest BCUT2D eigenvalue weighted by molar-refractivity contribution is 5.73. The minimum absolute atomic E-state index is 0.926. The first-order valence-corrected chi connectivity index (χ1v) is 6.48. The van der Waals surface area contributed by atoms with Crippen molar-refractivity contribution in [2.75, 3.05) is 0 Å². The highest BCUT2D eigenvalue weighted by Crippen LogP contribution is 2.13. The maximum Gasteiger partial charge on any atom is 0.490 e. The van der Waals surface area contributed by atoms with E-state index < -0.39 is 12.1 Å². The fourth-order valence-electron chi connectivity index (χ4n) is 1.54. The fourth-order valence-corrected chi connectivity index (χ4v) is 1.54. The topological polar surface area (TPSA) is 49.3 Å². The SMILES string of the molecule is O=C(O)C(F)(F)F.c1ccc(CNCc2ccccc2)cc1. The van der Waals surface area contributed by atoms with E-state index in [4.69, 9.17) is 9.90 Å². The molecule has 2 aromatic carbocycles. The van der Waals surface area contributed by atoms with Crippen LogP contribution < -0.4 is 5.32 Å². The lowest BCUT2D eigenvalue weighted by molar-refractivity contribution is -0.192. The molecule has 0 saturated carbocycles. The Morgan fingerprint density at radius 2 is 1.18 bits per heavy atom. The molecule has 0 aliphatic carbocycles. The van der Waals surface area contributed by atoms with Crippen molar-refractivity contribution in [1.82, 2.24) is 5.32 Å². The van der Waals surface area contributed by atoms with E-state index in [1.807, 2.05) is 12.1 Å². The first-order chi connectivity index (χ1) is 10.4. The van der Waals surface area contributed by atoms with Gasteiger partial charge in [-0.1, -0.05) is 60.7 Å². The quantitative estimate of drug-likeness (QED) is 0.907. The zero-order valence-corrected chi connectivity index (χ0v) is 11.7. The highest BCUT2D eigenvalue weighted by Gasteiger charge is 2.38. The summed E-state index contributed by atoms with van der Waals surface area (Å²) in [6, 6.07) is 20.9. The van der Waals surface area contributed by atoms with E-state index >= 15 is 0 Å². The Hall–Kier alpha value is -2.34. The molecule has 0 bridgehead atoms. The molecular formula is C16H16F3NO2. The summed E-state index contributed by atoms with van der Waals surface area (Å²) in [7, 11) is 0. The number of benzene rings is 2. The van der Waals surface area contributed by atoms with Crippen LogP contribution in [-0.2, 0) is 17.9 Å². The number of halogens is 3. The third-order valence-corrected chi connectivity index (χ3v) is 2.59. The van der Waals surface area contributed by atoms with Gasteiger partial charge in [0.1, 0.15) is 0 Å². The van der Waals surface area contributed by atoms with E-state index in [-0.39, 0.29) is 0 Å². The van der Waals surface area contributed by atoms with Gasteiger partial charge in [-0.3, -0.25) is 0 Å². The van der Waals surface area contributed by atoms with Gasteiger partial charge >= 0.3 is 12.1 Å². The van der Waals surface area contributed by atoms with Gasteiger partial charge in [-0.2, -0.15) is 13.2 Å². The van der Waals surface area contributed by atoms with Crippen LogP contribution in [0.4, 0.5) is 13.2 Å². The van der Waals surface area contributed by atoms with Crippen molar-refractivity contribution in [1.29, 1.82) is 0 Å². The molecule has 0 unspecified atom stereocenters. The van der Waals surface area contributed by atoms with Crippen molar-refractivity contribution in [3.05, 3.63) is 71.8 Å². The molecule has 2 N–H and O–H groups in total. The average molecular weight is 311 g/mol. The van der Waals surface area contributed by atoms with Gasteiger partial charge in [0.15, 0.2) is 0 Å². The predicted molar refractivity (Wildman–Crippen MR) is 77.1 cm³/mol. The van der Waals surface area contributed by atoms with Crippen LogP contribution in [0.15, 0.2) is 60.7 Å². The van der Waals surface area contributed by atoms with E-state index in [9.17, 15) is 13.2 Å². The van der Waals surface area contributed by atoms with Crippen molar-refractivity contribution in [3.63, 3.8) is 0 Å². The standard InChI is InChI=1S/C14H15N.C2HF3O2/c1-3-7-13(8-4-1)11-15-12-14-9-5-2-6-10-14;3-2(4,5)1(6)7/h1-10,15H,11-12H2;(H,6,7). The molecule has 3 nitrogen and oxygen atoms in total. The Morgan fingerprint density at radius 3 is 1.45 bits per heavy atom. The van der Waals surface area contributed by atoms with E-state index in [2.05, 4.69) is 53.8 Å². The minimum Gasteiger partial charge on any atom is -0.475 e. The molecule has 6 heteroatoms. The smallest absolute Gasteiger partial charge is 0.475 e. The zero-order chi connectivity index (χ0) is 16.4. The van der Waals surface area contributed by atoms with Crippen LogP contribution in [0.25, 0.3) is 0 Å². The predicted octanol–water partition coefficient (Wildman–Crippen LogP) is 3.61. The summed E-state index contributed by atoms with van der Waals surface area (Å²) in [5.74, 6) is -2.76. The second-order valence-corrected chi connectivity index (χ2v) is 4.38. The Bertz CT molecular complexity index is 517. The minimum atomic E-state index is -5.08. The first-order valence-electron chi connectivity index (χ1n) is 6.48. The van der Waals surface area contributed by atoms with Gasteiger partial charge in [0.05, 0.1) is 0 Å². The molecule has 0 radical (unpaired) electrons. The van der Waals surface area contributed by atoms with Gasteiger partial charge in [-0.25, -0.2) is 4.79 Å². The first kappa shape index (κ1) is 17.7. The molecule has 2 rings (SSSR count). The third-order valence-electron chi connectivity index (χ3n) is 2.59. The molecule has 0 atom stereocenters. The Morgan fingerprint density at radius 1 is 0.864 bits per heavy atom. The zero-order valence-electron chi connectivity index (χ0n) is 11.7. The van der Waals surface area contributed by atoms with Crippen molar-refractivity contribution in [2.24, 2.45) is 0 Å². The number of rotatable bonds is 4. The third kappa shape index (κ3) is 7.44. The Balaban J connectivity index is 0.000000295. The van der Waals surface area contributed by atoms with Crippen LogP contribution in [-0.4, -0.2) is 17.3 Å². The summed E-state index contributed by atoms with van der Waals surface area (Å²) >= 11 is 0. The van der Waals surface area contributed by atoms with Crippen LogP contribution in [0.3, 0.4) is 0 Å². The van der Waals surface area contributed by atoms with Gasteiger partial charge in [-0.15, -0.1) is 0 Å². The number of hydrogen-bond acceptors (Lipinski definition) is 2. The fraction of sp³-hybridized carbons (Fsp3) is 0.188. The van der Waals surface area contributed by atoms with E-state index in [1.54, 1.807) is 0 Å². The van der Waals surface area contributed by atoms with Gasteiger partial charge in [0.25, 0.3) is 0 Å². The van der Waals surface area contributed by atoms with Crippen LogP contribution in [0.2, 0.25) is 0 Å². The summed E-state index contributed by atoms with van der Waals surface area (Å²) in [4.78, 5) is 8.90. The van der Waals surface area contributed by atoms with Crippen LogP contribution in [0.1, 0.15) is 11.1 Å². The second-order valence-electron chi connectivity index (χ2n) is 4.38. The number of carboxylic acid groups (broad SMARTS) is 1. The average Bonchev–Trinajstić information content (AvgIpc) is 2.49. The molecule has 0 heterocycles. The molecule has 0 saturated heterocycles. The highest BCUT2D eigenvalue weighted by atomic mass is 19.4. The maximum atomic E-state index is 10.6. The summed E-state index contributed by atoms with van der Waals surface area (Å²) in [6.07, 6.45) is -5.08. The lowest BCUT2D eigenvalue weighted by Crippen LogP contribution is -2.21. The van der Waals surface area contributed by atoms with Crippen LogP contribution in [0.5, 0.6) is 0 Å². The number of aliphatic carboxylic acids is 1. The summed E-state index contributed by atoms with van der Waals surface area (Å²) in [5, 5.41) is 10.5. The van der Waals surface area contributed by atoms with Crippen LogP contribution in [0, 0.1) is 0 Å². The normalized spacial score (nSPS) is 10.5. The summed E-state index contributed by atoms with van der Waals surface area (Å²) in [5.41, 5.74) is 2.65. The molecule has 0 aliphatic rings. The Labute approximate surface area is 126 Å². The molecule has 0 fully saturated rings. The van der Waals surface area contributed by atoms with Crippen LogP contribution >= 0.6 is 0 Å². The molecular weight excluding hydrogens is 295 g/mol. The van der Waals surface area contributed by atoms with Gasteiger partial charge in [0.2, 0.25) is 0 Å². The number of hydrogen-bond donors (Lipinski definition) is 2. The molecule has 0 spiro atoms. The van der Waals surface area contributed by atoms with E-state index in [0.29, 0.717) is 0 Å². The monoisotopic (exact) mass is 311 g/mol. The molecule has 0 aliphatic heterocycles. The molecule has 118 valence electrons. The number of carboxylic acids is 1. The Kier molecular flexibility index (Phi) is 7.12. The van der Waals surface area contributed by atoms with E-state index in [0.717, 1.165) is 13.1 Å². The molecule has 0 amide bonds. The summed E-state index contributed by atoms with van der Waals surface area (Å²) < 4.78 is 31.7. The van der Waals surface area contributed by atoms with Gasteiger partial charge < -0.3 is 10.4 Å². The van der Waals surface area contributed by atoms with Crippen molar-refractivity contribution in [3.8, 4) is 0 Å². The molecule has 2 aromatic rings.